The summed E-state index contributed by atoms with van der Waals surface area (Å²) in [6.07, 6.45) is 6.74. The standard InChI is InChI=1S/C32H44N6O2S/c1-8-31(6)18-32(7,19-31)25-17-38(36-35-25)27(30(3,4)5)29(40)37-15-9-10-24(37)28(39)33-16-22-11-13-23(14-12-22)26-21(2)34-20-41-26/h11-14,17,20,24,27H,8-10,15-16,18-19H2,1-7H3,(H,33,39). The lowest BCUT2D eigenvalue weighted by Gasteiger charge is -2.52. The van der Waals surface area contributed by atoms with Gasteiger partial charge in [0.15, 0.2) is 0 Å². The van der Waals surface area contributed by atoms with Crippen molar-refractivity contribution in [2.45, 2.75) is 105 Å². The number of thiazole rings is 1. The van der Waals surface area contributed by atoms with Crippen molar-refractivity contribution in [1.82, 2.24) is 30.2 Å². The molecule has 1 N–H and O–H groups in total. The highest BCUT2D eigenvalue weighted by Crippen LogP contribution is 2.56. The van der Waals surface area contributed by atoms with E-state index in [1.54, 1.807) is 20.9 Å². The third-order valence-electron chi connectivity index (χ3n) is 9.20. The molecule has 220 valence electrons. The maximum atomic E-state index is 14.1. The first-order chi connectivity index (χ1) is 19.3. The zero-order valence-electron chi connectivity index (χ0n) is 25.5. The number of carbonyl (C=O) groups is 2. The monoisotopic (exact) mass is 576 g/mol. The van der Waals surface area contributed by atoms with Crippen molar-refractivity contribution in [1.29, 1.82) is 0 Å². The number of aryl methyl sites for hydroxylation is 1. The van der Waals surface area contributed by atoms with E-state index in [1.807, 2.05) is 30.8 Å². The van der Waals surface area contributed by atoms with Crippen molar-refractivity contribution in [3.05, 3.63) is 52.9 Å². The van der Waals surface area contributed by atoms with Gasteiger partial charge >= 0.3 is 0 Å². The topological polar surface area (TPSA) is 93.0 Å². The van der Waals surface area contributed by atoms with E-state index < -0.39 is 17.5 Å². The minimum Gasteiger partial charge on any atom is -0.350 e. The zero-order chi connectivity index (χ0) is 29.6. The number of aromatic nitrogens is 4. The number of benzene rings is 1. The first kappa shape index (κ1) is 29.4. The maximum Gasteiger partial charge on any atom is 0.248 e. The van der Waals surface area contributed by atoms with Gasteiger partial charge in [-0.25, -0.2) is 9.67 Å². The van der Waals surface area contributed by atoms with Gasteiger partial charge in [-0.05, 0) is 54.6 Å². The minimum absolute atomic E-state index is 0.0117. The van der Waals surface area contributed by atoms with E-state index >= 15 is 0 Å². The zero-order valence-corrected chi connectivity index (χ0v) is 26.3. The molecule has 5 rings (SSSR count). The van der Waals surface area contributed by atoms with Crippen LogP contribution in [-0.4, -0.2) is 49.3 Å². The second-order valence-electron chi connectivity index (χ2n) is 13.8. The summed E-state index contributed by atoms with van der Waals surface area (Å²) in [6, 6.07) is 7.19. The third kappa shape index (κ3) is 5.83. The predicted molar refractivity (Wildman–Crippen MR) is 162 cm³/mol. The number of hydrogen-bond donors (Lipinski definition) is 1. The Kier molecular flexibility index (Phi) is 7.87. The van der Waals surface area contributed by atoms with Crippen LogP contribution in [0.3, 0.4) is 0 Å². The third-order valence-corrected chi connectivity index (χ3v) is 10.2. The lowest BCUT2D eigenvalue weighted by molar-refractivity contribution is -0.144. The maximum absolute atomic E-state index is 14.1. The molecule has 2 fully saturated rings. The number of rotatable bonds is 8. The minimum atomic E-state index is -0.541. The Balaban J connectivity index is 1.26. The van der Waals surface area contributed by atoms with Gasteiger partial charge in [-0.3, -0.25) is 9.59 Å². The van der Waals surface area contributed by atoms with Crippen LogP contribution in [0.4, 0.5) is 0 Å². The van der Waals surface area contributed by atoms with Crippen LogP contribution in [-0.2, 0) is 21.5 Å². The van der Waals surface area contributed by atoms with Crippen LogP contribution in [0.2, 0.25) is 0 Å². The van der Waals surface area contributed by atoms with E-state index in [1.165, 1.54) is 0 Å². The molecule has 8 nitrogen and oxygen atoms in total. The summed E-state index contributed by atoms with van der Waals surface area (Å²) in [7, 11) is 0. The lowest BCUT2D eigenvalue weighted by atomic mass is 9.52. The second-order valence-corrected chi connectivity index (χ2v) is 14.7. The summed E-state index contributed by atoms with van der Waals surface area (Å²) < 4.78 is 1.75. The number of nitrogens with zero attached hydrogens (tertiary/aromatic N) is 5. The molecule has 2 atom stereocenters. The van der Waals surface area contributed by atoms with Crippen molar-refractivity contribution in [3.8, 4) is 10.4 Å². The molecule has 0 radical (unpaired) electrons. The fourth-order valence-corrected chi connectivity index (χ4v) is 7.75. The summed E-state index contributed by atoms with van der Waals surface area (Å²) in [6.45, 7) is 16.0. The van der Waals surface area contributed by atoms with Crippen LogP contribution in [0.1, 0.15) is 96.6 Å². The van der Waals surface area contributed by atoms with Crippen molar-refractivity contribution >= 4 is 23.2 Å². The fourth-order valence-electron chi connectivity index (χ4n) is 6.94. The molecule has 1 saturated carbocycles. The molecule has 1 aliphatic carbocycles. The number of carbonyl (C=O) groups excluding carboxylic acids is 2. The molecular formula is C32H44N6O2S. The Hall–Kier alpha value is -3.07. The summed E-state index contributed by atoms with van der Waals surface area (Å²) in [4.78, 5) is 34.7. The first-order valence-electron chi connectivity index (χ1n) is 14.8. The van der Waals surface area contributed by atoms with Gasteiger partial charge in [-0.1, -0.05) is 77.4 Å². The SMILES string of the molecule is CCC1(C)CC(C)(c2cn(C(C(=O)N3CCCC3C(=O)NCc3ccc(-c4scnc4C)cc3)C(C)(C)C)nn2)C1. The molecule has 1 saturated heterocycles. The Morgan fingerprint density at radius 3 is 2.49 bits per heavy atom. The van der Waals surface area contributed by atoms with E-state index in [2.05, 4.69) is 74.3 Å². The molecular weight excluding hydrogens is 532 g/mol. The van der Waals surface area contributed by atoms with Gasteiger partial charge in [0.25, 0.3) is 0 Å². The summed E-state index contributed by atoms with van der Waals surface area (Å²) >= 11 is 1.63. The average molecular weight is 577 g/mol. The number of likely N-dealkylation sites (tertiary alicyclic amines) is 1. The quantitative estimate of drug-likeness (QED) is 0.351. The Morgan fingerprint density at radius 2 is 1.88 bits per heavy atom. The Morgan fingerprint density at radius 1 is 1.17 bits per heavy atom. The highest BCUT2D eigenvalue weighted by Gasteiger charge is 2.51. The van der Waals surface area contributed by atoms with Crippen molar-refractivity contribution < 1.29 is 9.59 Å². The van der Waals surface area contributed by atoms with E-state index in [0.29, 0.717) is 24.9 Å². The number of hydrogen-bond acceptors (Lipinski definition) is 6. The van der Waals surface area contributed by atoms with Gasteiger partial charge in [-0.2, -0.15) is 0 Å². The van der Waals surface area contributed by atoms with Gasteiger partial charge in [0.05, 0.1) is 21.8 Å². The van der Waals surface area contributed by atoms with E-state index in [4.69, 9.17) is 0 Å². The summed E-state index contributed by atoms with van der Waals surface area (Å²) in [5.41, 5.74) is 5.92. The normalized spacial score (nSPS) is 25.1. The molecule has 2 amide bonds. The molecule has 41 heavy (non-hydrogen) atoms. The highest BCUT2D eigenvalue weighted by atomic mass is 32.1. The second kappa shape index (κ2) is 11.0. The molecule has 2 aliphatic rings. The Labute approximate surface area is 247 Å². The average Bonchev–Trinajstić information content (AvgIpc) is 3.67. The van der Waals surface area contributed by atoms with Crippen LogP contribution in [0.25, 0.3) is 10.4 Å². The molecule has 2 aromatic heterocycles. The molecule has 0 bridgehead atoms. The van der Waals surface area contributed by atoms with Crippen LogP contribution in [0.5, 0.6) is 0 Å². The first-order valence-corrected chi connectivity index (χ1v) is 15.7. The smallest absolute Gasteiger partial charge is 0.248 e. The van der Waals surface area contributed by atoms with Gasteiger partial charge in [0.2, 0.25) is 11.8 Å². The fraction of sp³-hybridized carbons (Fsp3) is 0.594. The molecule has 3 heterocycles. The molecule has 3 aromatic rings. The van der Waals surface area contributed by atoms with Crippen LogP contribution >= 0.6 is 11.3 Å². The molecule has 0 spiro atoms. The lowest BCUT2D eigenvalue weighted by Crippen LogP contribution is -2.50. The van der Waals surface area contributed by atoms with Crippen LogP contribution < -0.4 is 5.32 Å². The van der Waals surface area contributed by atoms with Gasteiger partial charge in [0, 0.05) is 24.7 Å². The number of nitrogens with one attached hydrogen (secondary N) is 1. The van der Waals surface area contributed by atoms with Gasteiger partial charge < -0.3 is 10.2 Å². The van der Waals surface area contributed by atoms with E-state index in [0.717, 1.165) is 53.1 Å². The van der Waals surface area contributed by atoms with Crippen molar-refractivity contribution in [2.75, 3.05) is 6.54 Å². The van der Waals surface area contributed by atoms with E-state index in [9.17, 15) is 9.59 Å². The molecule has 1 aliphatic heterocycles. The van der Waals surface area contributed by atoms with E-state index in [-0.39, 0.29) is 17.2 Å². The predicted octanol–water partition coefficient (Wildman–Crippen LogP) is 6.07. The van der Waals surface area contributed by atoms with Crippen LogP contribution in [0.15, 0.2) is 36.0 Å². The molecule has 1 aromatic carbocycles. The van der Waals surface area contributed by atoms with Gasteiger partial charge in [-0.15, -0.1) is 16.4 Å². The van der Waals surface area contributed by atoms with Gasteiger partial charge in [0.1, 0.15) is 12.1 Å². The molecule has 9 heteroatoms. The largest absolute Gasteiger partial charge is 0.350 e. The van der Waals surface area contributed by atoms with Crippen LogP contribution in [0, 0.1) is 17.8 Å². The Bertz CT molecular complexity index is 1400. The highest BCUT2D eigenvalue weighted by molar-refractivity contribution is 7.13. The summed E-state index contributed by atoms with van der Waals surface area (Å²) in [5, 5.41) is 12.1. The summed E-state index contributed by atoms with van der Waals surface area (Å²) in [5.74, 6) is -0.168. The van der Waals surface area contributed by atoms with Crippen molar-refractivity contribution in [2.24, 2.45) is 10.8 Å². The molecule has 2 unspecified atom stereocenters. The van der Waals surface area contributed by atoms with Crippen molar-refractivity contribution in [3.63, 3.8) is 0 Å². The number of amides is 2.